The molecule has 0 bridgehead atoms. The molecule has 0 fully saturated rings. The first-order valence-electron chi connectivity index (χ1n) is 10.7. The lowest BCUT2D eigenvalue weighted by molar-refractivity contribution is 0.0945. The van der Waals surface area contributed by atoms with Gasteiger partial charge in [-0.05, 0) is 17.2 Å². The van der Waals surface area contributed by atoms with Crippen LogP contribution in [0, 0.1) is 0 Å². The minimum Gasteiger partial charge on any atom is -0.378 e. The Balaban J connectivity index is 1.44. The lowest BCUT2D eigenvalue weighted by atomic mass is 10.1. The predicted octanol–water partition coefficient (Wildman–Crippen LogP) is 2.60. The van der Waals surface area contributed by atoms with Crippen LogP contribution >= 0.6 is 11.6 Å². The van der Waals surface area contributed by atoms with Crippen molar-refractivity contribution in [2.24, 2.45) is 7.05 Å². The van der Waals surface area contributed by atoms with Gasteiger partial charge in [-0.3, -0.25) is 19.0 Å². The number of benzene rings is 1. The van der Waals surface area contributed by atoms with E-state index in [0.29, 0.717) is 35.1 Å². The third kappa shape index (κ3) is 5.62. The van der Waals surface area contributed by atoms with Crippen molar-refractivity contribution in [3.8, 4) is 0 Å². The second-order valence-corrected chi connectivity index (χ2v) is 8.29. The van der Waals surface area contributed by atoms with Crippen LogP contribution in [0.4, 0.5) is 0 Å². The van der Waals surface area contributed by atoms with Crippen molar-refractivity contribution in [2.45, 2.75) is 26.2 Å². The van der Waals surface area contributed by atoms with Crippen LogP contribution in [0.2, 0.25) is 5.02 Å². The number of ether oxygens (including phenoxy) is 1. The first-order chi connectivity index (χ1) is 16.4. The van der Waals surface area contributed by atoms with Crippen LogP contribution in [-0.2, 0) is 38.0 Å². The number of carbonyl (C=O) groups excluding carboxylic acids is 1. The van der Waals surface area contributed by atoms with E-state index in [9.17, 15) is 9.59 Å². The molecular weight excluding hydrogens is 456 g/mol. The molecule has 3 aromatic heterocycles. The Morgan fingerprint density at radius 1 is 1.03 bits per heavy atom. The van der Waals surface area contributed by atoms with E-state index in [-0.39, 0.29) is 24.6 Å². The molecule has 10 heteroatoms. The molecule has 0 unspecified atom stereocenters. The van der Waals surface area contributed by atoms with Crippen LogP contribution in [-0.4, -0.2) is 37.1 Å². The SMILES string of the molecule is COCc1nn(Cc2ccc(Cn3ccccc3=O)cc2)cc1C(=O)NCc1nn(C)cc1Cl. The number of aryl methyl sites for hydroxylation is 1. The smallest absolute Gasteiger partial charge is 0.255 e. The lowest BCUT2D eigenvalue weighted by Crippen LogP contribution is -2.24. The zero-order chi connectivity index (χ0) is 24.1. The molecule has 0 atom stereocenters. The van der Waals surface area contributed by atoms with E-state index in [1.54, 1.807) is 58.8 Å². The molecule has 0 saturated heterocycles. The van der Waals surface area contributed by atoms with Gasteiger partial charge in [-0.2, -0.15) is 10.2 Å². The van der Waals surface area contributed by atoms with Crippen LogP contribution in [0.25, 0.3) is 0 Å². The Bertz CT molecular complexity index is 1340. The molecule has 0 radical (unpaired) electrons. The molecule has 0 aliphatic carbocycles. The van der Waals surface area contributed by atoms with Crippen LogP contribution in [0.15, 0.2) is 65.8 Å². The van der Waals surface area contributed by atoms with Crippen LogP contribution in [0.1, 0.15) is 32.9 Å². The van der Waals surface area contributed by atoms with Crippen molar-refractivity contribution in [1.29, 1.82) is 0 Å². The molecule has 0 aliphatic heterocycles. The maximum atomic E-state index is 12.8. The van der Waals surface area contributed by atoms with Gasteiger partial charge in [0.05, 0.1) is 36.8 Å². The van der Waals surface area contributed by atoms with Crippen LogP contribution in [0.5, 0.6) is 0 Å². The number of pyridine rings is 1. The van der Waals surface area contributed by atoms with E-state index < -0.39 is 0 Å². The highest BCUT2D eigenvalue weighted by atomic mass is 35.5. The highest BCUT2D eigenvalue weighted by molar-refractivity contribution is 6.31. The summed E-state index contributed by atoms with van der Waals surface area (Å²) in [5.41, 5.74) is 3.58. The maximum absolute atomic E-state index is 12.8. The Morgan fingerprint density at radius 3 is 2.41 bits per heavy atom. The van der Waals surface area contributed by atoms with Crippen molar-refractivity contribution in [2.75, 3.05) is 7.11 Å². The summed E-state index contributed by atoms with van der Waals surface area (Å²) in [5.74, 6) is -0.274. The number of nitrogens with zero attached hydrogens (tertiary/aromatic N) is 5. The highest BCUT2D eigenvalue weighted by Crippen LogP contribution is 2.15. The van der Waals surface area contributed by atoms with E-state index >= 15 is 0 Å². The Morgan fingerprint density at radius 2 is 1.76 bits per heavy atom. The van der Waals surface area contributed by atoms with Gasteiger partial charge < -0.3 is 14.6 Å². The monoisotopic (exact) mass is 480 g/mol. The maximum Gasteiger partial charge on any atom is 0.255 e. The molecule has 3 heterocycles. The average molecular weight is 481 g/mol. The van der Waals surface area contributed by atoms with Crippen molar-refractivity contribution in [1.82, 2.24) is 29.4 Å². The van der Waals surface area contributed by atoms with Gasteiger partial charge >= 0.3 is 0 Å². The molecule has 0 aliphatic rings. The fourth-order valence-electron chi connectivity index (χ4n) is 3.59. The Hall–Kier alpha value is -3.69. The first-order valence-corrected chi connectivity index (χ1v) is 11.1. The number of amides is 1. The molecule has 1 aromatic carbocycles. The van der Waals surface area contributed by atoms with Gasteiger partial charge in [-0.1, -0.05) is 41.9 Å². The topological polar surface area (TPSA) is 96.0 Å². The summed E-state index contributed by atoms with van der Waals surface area (Å²) in [7, 11) is 3.33. The zero-order valence-electron chi connectivity index (χ0n) is 18.9. The zero-order valence-corrected chi connectivity index (χ0v) is 19.7. The average Bonchev–Trinajstić information content (AvgIpc) is 3.36. The van der Waals surface area contributed by atoms with E-state index in [1.165, 1.54) is 0 Å². The molecule has 176 valence electrons. The number of hydrogen-bond acceptors (Lipinski definition) is 5. The summed E-state index contributed by atoms with van der Waals surface area (Å²) in [6.07, 6.45) is 5.16. The highest BCUT2D eigenvalue weighted by Gasteiger charge is 2.17. The lowest BCUT2D eigenvalue weighted by Gasteiger charge is -2.07. The summed E-state index contributed by atoms with van der Waals surface area (Å²) in [5, 5.41) is 12.1. The number of rotatable bonds is 9. The number of carbonyl (C=O) groups is 1. The van der Waals surface area contributed by atoms with E-state index in [1.807, 2.05) is 30.3 Å². The van der Waals surface area contributed by atoms with E-state index in [4.69, 9.17) is 16.3 Å². The third-order valence-electron chi connectivity index (χ3n) is 5.25. The second kappa shape index (κ2) is 10.5. The second-order valence-electron chi connectivity index (χ2n) is 7.88. The van der Waals surface area contributed by atoms with Gasteiger partial charge in [0.2, 0.25) is 0 Å². The molecule has 34 heavy (non-hydrogen) atoms. The quantitative estimate of drug-likeness (QED) is 0.397. The standard InChI is InChI=1S/C24H25ClN6O3/c1-29-15-20(25)21(27-29)11-26-24(33)19-14-31(28-22(19)16-34-2)13-18-8-6-17(7-9-18)12-30-10-4-3-5-23(30)32/h3-10,14-15H,11-13,16H2,1-2H3,(H,26,33). The Kier molecular flexibility index (Phi) is 7.24. The number of halogens is 1. The predicted molar refractivity (Wildman–Crippen MR) is 128 cm³/mol. The summed E-state index contributed by atoms with van der Waals surface area (Å²) < 4.78 is 10.2. The van der Waals surface area contributed by atoms with Gasteiger partial charge in [0.15, 0.2) is 0 Å². The Labute approximate surface area is 201 Å². The van der Waals surface area contributed by atoms with Gasteiger partial charge in [0.25, 0.3) is 11.5 Å². The summed E-state index contributed by atoms with van der Waals surface area (Å²) in [6.45, 7) is 1.42. The molecule has 4 aromatic rings. The molecule has 9 nitrogen and oxygen atoms in total. The van der Waals surface area contributed by atoms with Gasteiger partial charge in [0, 0.05) is 38.8 Å². The van der Waals surface area contributed by atoms with Crippen molar-refractivity contribution < 1.29 is 9.53 Å². The van der Waals surface area contributed by atoms with Gasteiger partial charge in [-0.15, -0.1) is 0 Å². The summed E-state index contributed by atoms with van der Waals surface area (Å²) in [4.78, 5) is 24.7. The van der Waals surface area contributed by atoms with Crippen molar-refractivity contribution in [3.05, 3.63) is 105 Å². The fraction of sp³-hybridized carbons (Fsp3) is 0.250. The molecule has 0 spiro atoms. The summed E-state index contributed by atoms with van der Waals surface area (Å²) >= 11 is 6.13. The molecule has 4 rings (SSSR count). The minimum atomic E-state index is -0.274. The first kappa shape index (κ1) is 23.5. The number of nitrogens with one attached hydrogen (secondary N) is 1. The normalized spacial score (nSPS) is 11.0. The molecule has 1 N–H and O–H groups in total. The van der Waals surface area contributed by atoms with Crippen LogP contribution < -0.4 is 10.9 Å². The van der Waals surface area contributed by atoms with E-state index in [2.05, 4.69) is 15.5 Å². The fourth-order valence-corrected chi connectivity index (χ4v) is 3.83. The van der Waals surface area contributed by atoms with Crippen molar-refractivity contribution in [3.63, 3.8) is 0 Å². The van der Waals surface area contributed by atoms with Gasteiger partial charge in [0.1, 0.15) is 11.4 Å². The van der Waals surface area contributed by atoms with E-state index in [0.717, 1.165) is 11.1 Å². The number of hydrogen-bond donors (Lipinski definition) is 1. The third-order valence-corrected chi connectivity index (χ3v) is 5.57. The van der Waals surface area contributed by atoms with Crippen molar-refractivity contribution >= 4 is 17.5 Å². The molecule has 1 amide bonds. The minimum absolute atomic E-state index is 0.0371. The summed E-state index contributed by atoms with van der Waals surface area (Å²) in [6, 6.07) is 13.1. The van der Waals surface area contributed by atoms with Gasteiger partial charge in [-0.25, -0.2) is 0 Å². The number of aromatic nitrogens is 5. The number of methoxy groups -OCH3 is 1. The molecular formula is C24H25ClN6O3. The molecule has 0 saturated carbocycles. The largest absolute Gasteiger partial charge is 0.378 e. The van der Waals surface area contributed by atoms with Crippen LogP contribution in [0.3, 0.4) is 0 Å².